The minimum absolute atomic E-state index is 0.0365. The summed E-state index contributed by atoms with van der Waals surface area (Å²) in [6.07, 6.45) is 3.89. The number of piperidine rings is 1. The van der Waals surface area contributed by atoms with E-state index in [-0.39, 0.29) is 5.69 Å². The van der Waals surface area contributed by atoms with E-state index in [1.54, 1.807) is 19.2 Å². The Morgan fingerprint density at radius 2 is 2.30 bits per heavy atom. The Kier molecular flexibility index (Phi) is 5.25. The first-order valence-electron chi connectivity index (χ1n) is 6.84. The molecule has 110 valence electrons. The Morgan fingerprint density at radius 3 is 3.00 bits per heavy atom. The van der Waals surface area contributed by atoms with Crippen molar-refractivity contribution in [1.82, 2.24) is 10.3 Å². The summed E-state index contributed by atoms with van der Waals surface area (Å²) >= 11 is 0. The summed E-state index contributed by atoms with van der Waals surface area (Å²) in [6.45, 7) is 4.72. The van der Waals surface area contributed by atoms with E-state index >= 15 is 0 Å². The molecular weight excluding hydrogens is 260 g/mol. The van der Waals surface area contributed by atoms with Crippen molar-refractivity contribution in [2.45, 2.75) is 25.9 Å². The second-order valence-electron chi connectivity index (χ2n) is 4.83. The Balaban J connectivity index is 1.82. The molecule has 0 aromatic carbocycles. The van der Waals surface area contributed by atoms with Gasteiger partial charge in [-0.2, -0.15) is 0 Å². The molecule has 0 aliphatic carbocycles. The predicted octanol–water partition coefficient (Wildman–Crippen LogP) is 1.48. The molecular formula is C13H20N4O3. The van der Waals surface area contributed by atoms with Crippen LogP contribution in [0, 0.1) is 17.0 Å². The van der Waals surface area contributed by atoms with Gasteiger partial charge in [0.2, 0.25) is 5.82 Å². The van der Waals surface area contributed by atoms with E-state index in [2.05, 4.69) is 15.6 Å². The Labute approximate surface area is 117 Å². The first kappa shape index (κ1) is 14.7. The molecule has 0 radical (unpaired) electrons. The van der Waals surface area contributed by atoms with Gasteiger partial charge < -0.3 is 15.4 Å². The summed E-state index contributed by atoms with van der Waals surface area (Å²) < 4.78 is 5.74. The van der Waals surface area contributed by atoms with Crippen molar-refractivity contribution in [1.29, 1.82) is 0 Å². The van der Waals surface area contributed by atoms with Crippen LogP contribution in [0.4, 0.5) is 11.5 Å². The molecule has 2 N–H and O–H groups in total. The quantitative estimate of drug-likeness (QED) is 0.466. The molecule has 20 heavy (non-hydrogen) atoms. The van der Waals surface area contributed by atoms with Gasteiger partial charge in [-0.15, -0.1) is 0 Å². The molecule has 0 unspecified atom stereocenters. The highest BCUT2D eigenvalue weighted by atomic mass is 16.6. The fourth-order valence-electron chi connectivity index (χ4n) is 2.27. The highest BCUT2D eigenvalue weighted by Gasteiger charge is 2.18. The number of nitrogens with zero attached hydrogens (tertiary/aromatic N) is 2. The van der Waals surface area contributed by atoms with Crippen LogP contribution in [-0.2, 0) is 4.74 Å². The Bertz CT molecular complexity index is 461. The molecule has 1 fully saturated rings. The number of ether oxygens (including phenoxy) is 1. The van der Waals surface area contributed by atoms with Crippen molar-refractivity contribution >= 4 is 11.5 Å². The van der Waals surface area contributed by atoms with Gasteiger partial charge in [0.15, 0.2) is 0 Å². The maximum Gasteiger partial charge on any atom is 0.314 e. The summed E-state index contributed by atoms with van der Waals surface area (Å²) in [4.78, 5) is 14.6. The van der Waals surface area contributed by atoms with Crippen LogP contribution in [0.5, 0.6) is 0 Å². The maximum atomic E-state index is 11.0. The molecule has 7 nitrogen and oxygen atoms in total. The summed E-state index contributed by atoms with van der Waals surface area (Å²) in [6, 6.07) is 1.63. The average Bonchev–Trinajstić information content (AvgIpc) is 2.44. The van der Waals surface area contributed by atoms with Gasteiger partial charge in [-0.05, 0) is 38.9 Å². The van der Waals surface area contributed by atoms with E-state index in [0.29, 0.717) is 30.6 Å². The minimum Gasteiger partial charge on any atom is -0.376 e. The zero-order chi connectivity index (χ0) is 14.4. The summed E-state index contributed by atoms with van der Waals surface area (Å²) in [5.74, 6) is 0.309. The van der Waals surface area contributed by atoms with Crippen LogP contribution in [0.2, 0.25) is 0 Å². The van der Waals surface area contributed by atoms with Crippen LogP contribution in [0.1, 0.15) is 18.4 Å². The fourth-order valence-corrected chi connectivity index (χ4v) is 2.27. The van der Waals surface area contributed by atoms with Crippen molar-refractivity contribution in [3.63, 3.8) is 0 Å². The molecule has 2 rings (SSSR count). The van der Waals surface area contributed by atoms with Crippen molar-refractivity contribution in [3.05, 3.63) is 27.9 Å². The molecule has 1 aliphatic heterocycles. The van der Waals surface area contributed by atoms with Gasteiger partial charge in [0.25, 0.3) is 0 Å². The number of hydrogen-bond donors (Lipinski definition) is 2. The van der Waals surface area contributed by atoms with Gasteiger partial charge in [0.05, 0.1) is 17.6 Å². The first-order chi connectivity index (χ1) is 9.68. The molecule has 0 bridgehead atoms. The van der Waals surface area contributed by atoms with Gasteiger partial charge in [-0.25, -0.2) is 4.98 Å². The van der Waals surface area contributed by atoms with Crippen LogP contribution in [0.3, 0.4) is 0 Å². The highest BCUT2D eigenvalue weighted by Crippen LogP contribution is 2.25. The number of aromatic nitrogens is 1. The first-order valence-corrected chi connectivity index (χ1v) is 6.84. The lowest BCUT2D eigenvalue weighted by Crippen LogP contribution is -2.33. The monoisotopic (exact) mass is 280 g/mol. The third-order valence-corrected chi connectivity index (χ3v) is 3.34. The maximum absolute atomic E-state index is 11.0. The lowest BCUT2D eigenvalue weighted by atomic mass is 10.1. The van der Waals surface area contributed by atoms with Gasteiger partial charge >= 0.3 is 5.69 Å². The second kappa shape index (κ2) is 7.16. The molecule has 0 amide bonds. The van der Waals surface area contributed by atoms with E-state index in [0.717, 1.165) is 25.9 Å². The summed E-state index contributed by atoms with van der Waals surface area (Å²) in [7, 11) is 0. The van der Waals surface area contributed by atoms with Gasteiger partial charge in [-0.3, -0.25) is 10.1 Å². The molecule has 0 saturated carbocycles. The zero-order valence-electron chi connectivity index (χ0n) is 11.6. The van der Waals surface area contributed by atoms with Crippen molar-refractivity contribution in [3.8, 4) is 0 Å². The van der Waals surface area contributed by atoms with Crippen LogP contribution < -0.4 is 10.6 Å². The van der Waals surface area contributed by atoms with Crippen LogP contribution in [0.25, 0.3) is 0 Å². The largest absolute Gasteiger partial charge is 0.376 e. The molecule has 1 aliphatic rings. The highest BCUT2D eigenvalue weighted by molar-refractivity contribution is 5.59. The standard InChI is InChI=1S/C13H20N4O3/c1-10-2-7-15-13(12(10)17(18)19)16-8-9-20-11-3-5-14-6-4-11/h2,7,11,14H,3-6,8-9H2,1H3,(H,15,16). The van der Waals surface area contributed by atoms with Crippen LogP contribution in [-0.4, -0.2) is 42.3 Å². The number of aryl methyl sites for hydroxylation is 1. The van der Waals surface area contributed by atoms with E-state index in [9.17, 15) is 10.1 Å². The SMILES string of the molecule is Cc1ccnc(NCCOC2CCNCC2)c1[N+](=O)[O-]. The van der Waals surface area contributed by atoms with Gasteiger partial charge in [0.1, 0.15) is 0 Å². The normalized spacial score (nSPS) is 16.1. The third-order valence-electron chi connectivity index (χ3n) is 3.34. The number of pyridine rings is 1. The van der Waals surface area contributed by atoms with Crippen molar-refractivity contribution in [2.24, 2.45) is 0 Å². The summed E-state index contributed by atoms with van der Waals surface area (Å²) in [5.41, 5.74) is 0.640. The smallest absolute Gasteiger partial charge is 0.314 e. The zero-order valence-corrected chi connectivity index (χ0v) is 11.6. The topological polar surface area (TPSA) is 89.3 Å². The molecule has 7 heteroatoms. The Morgan fingerprint density at radius 1 is 1.55 bits per heavy atom. The molecule has 2 heterocycles. The fraction of sp³-hybridized carbons (Fsp3) is 0.615. The number of nitrogens with one attached hydrogen (secondary N) is 2. The van der Waals surface area contributed by atoms with E-state index in [1.807, 2.05) is 0 Å². The molecule has 0 atom stereocenters. The molecule has 1 saturated heterocycles. The van der Waals surface area contributed by atoms with E-state index in [1.165, 1.54) is 0 Å². The Hall–Kier alpha value is -1.73. The van der Waals surface area contributed by atoms with E-state index in [4.69, 9.17) is 4.74 Å². The van der Waals surface area contributed by atoms with E-state index < -0.39 is 4.92 Å². The molecule has 1 aromatic rings. The predicted molar refractivity (Wildman–Crippen MR) is 76.0 cm³/mol. The molecule has 0 spiro atoms. The summed E-state index contributed by atoms with van der Waals surface area (Å²) in [5, 5.41) is 17.3. The van der Waals surface area contributed by atoms with Crippen molar-refractivity contribution in [2.75, 3.05) is 31.6 Å². The van der Waals surface area contributed by atoms with Crippen LogP contribution in [0.15, 0.2) is 12.3 Å². The molecule has 1 aromatic heterocycles. The second-order valence-corrected chi connectivity index (χ2v) is 4.83. The number of anilines is 1. The number of hydrogen-bond acceptors (Lipinski definition) is 6. The average molecular weight is 280 g/mol. The third kappa shape index (κ3) is 3.88. The van der Waals surface area contributed by atoms with Gasteiger partial charge in [-0.1, -0.05) is 0 Å². The number of nitro groups is 1. The lowest BCUT2D eigenvalue weighted by molar-refractivity contribution is -0.384. The number of rotatable bonds is 6. The van der Waals surface area contributed by atoms with Crippen LogP contribution >= 0.6 is 0 Å². The minimum atomic E-state index is -0.404. The van der Waals surface area contributed by atoms with Gasteiger partial charge in [0, 0.05) is 18.3 Å². The lowest BCUT2D eigenvalue weighted by Gasteiger charge is -2.23. The van der Waals surface area contributed by atoms with Crippen molar-refractivity contribution < 1.29 is 9.66 Å².